The molecule has 0 aliphatic carbocycles. The molecule has 0 amide bonds. The van der Waals surface area contributed by atoms with Crippen LogP contribution in [0.5, 0.6) is 5.75 Å². The fraction of sp³-hybridized carbons (Fsp3) is 0.167. The molecule has 0 N–H and O–H groups in total. The van der Waals surface area contributed by atoms with Gasteiger partial charge in [0, 0.05) is 10.5 Å². The molecular weight excluding hydrogens is 280 g/mol. The summed E-state index contributed by atoms with van der Waals surface area (Å²) in [6.45, 7) is 1.60. The Kier molecular flexibility index (Phi) is 5.23. The molecule has 0 saturated heterocycles. The molecule has 2 nitrogen and oxygen atoms in total. The van der Waals surface area contributed by atoms with E-state index in [4.69, 9.17) is 4.74 Å². The Morgan fingerprint density at radius 3 is 2.33 bits per heavy atom. The summed E-state index contributed by atoms with van der Waals surface area (Å²) in [6.07, 6.45) is 4.09. The number of Topliss-reactive ketones (excluding diaryl/α,β-unsaturated/α-hetero) is 1. The van der Waals surface area contributed by atoms with Crippen LogP contribution >= 0.6 is 11.8 Å². The van der Waals surface area contributed by atoms with Gasteiger partial charge in [-0.15, -0.1) is 11.8 Å². The van der Waals surface area contributed by atoms with Crippen LogP contribution in [0.15, 0.2) is 48.5 Å². The molecule has 2 aromatic rings. The maximum Gasteiger partial charge on any atom is 0.160 e. The largest absolute Gasteiger partial charge is 0.497 e. The molecule has 0 aromatic heterocycles. The zero-order chi connectivity index (χ0) is 15.2. The van der Waals surface area contributed by atoms with Crippen molar-refractivity contribution in [3.8, 4) is 5.75 Å². The number of ether oxygens (including phenoxy) is 1. The lowest BCUT2D eigenvalue weighted by atomic mass is 10.0. The van der Waals surface area contributed by atoms with Gasteiger partial charge in [-0.3, -0.25) is 4.79 Å². The Morgan fingerprint density at radius 1 is 1.10 bits per heavy atom. The van der Waals surface area contributed by atoms with Gasteiger partial charge in [-0.05, 0) is 42.5 Å². The Morgan fingerprint density at radius 2 is 1.76 bits per heavy atom. The third-order valence-electron chi connectivity index (χ3n) is 3.22. The van der Waals surface area contributed by atoms with E-state index in [9.17, 15) is 4.79 Å². The van der Waals surface area contributed by atoms with E-state index in [1.165, 1.54) is 0 Å². The normalized spacial score (nSPS) is 11.3. The van der Waals surface area contributed by atoms with Crippen LogP contribution in [-0.4, -0.2) is 19.1 Å². The molecule has 3 heteroatoms. The predicted molar refractivity (Wildman–Crippen MR) is 90.8 cm³/mol. The summed E-state index contributed by atoms with van der Waals surface area (Å²) in [4.78, 5) is 12.8. The summed E-state index contributed by atoms with van der Waals surface area (Å²) in [6, 6.07) is 15.6. The molecule has 0 aliphatic heterocycles. The van der Waals surface area contributed by atoms with Gasteiger partial charge < -0.3 is 4.74 Å². The van der Waals surface area contributed by atoms with E-state index in [-0.39, 0.29) is 5.78 Å². The van der Waals surface area contributed by atoms with Gasteiger partial charge >= 0.3 is 0 Å². The number of hydrogen-bond donors (Lipinski definition) is 0. The van der Waals surface area contributed by atoms with E-state index >= 15 is 0 Å². The van der Waals surface area contributed by atoms with Gasteiger partial charge in [0.05, 0.1) is 7.11 Å². The van der Waals surface area contributed by atoms with Crippen LogP contribution in [0.2, 0.25) is 0 Å². The molecule has 0 atom stereocenters. The van der Waals surface area contributed by atoms with E-state index in [2.05, 4.69) is 6.08 Å². The molecule has 0 radical (unpaired) electrons. The number of methoxy groups -OCH3 is 1. The minimum atomic E-state index is 0.0806. The molecule has 0 bridgehead atoms. The Labute approximate surface area is 129 Å². The van der Waals surface area contributed by atoms with Crippen LogP contribution in [0.25, 0.3) is 11.0 Å². The van der Waals surface area contributed by atoms with Crippen molar-refractivity contribution in [3.05, 3.63) is 65.2 Å². The standard InChI is InChI=1S/C18H18O2S/c1-13(19)17-7-5-4-6-15(17)12-18(21-3)14-8-10-16(20-2)11-9-14/h4-12H,1-3H3/b18-12+. The van der Waals surface area contributed by atoms with Crippen LogP contribution in [0, 0.1) is 0 Å². The zero-order valence-electron chi connectivity index (χ0n) is 12.4. The lowest BCUT2D eigenvalue weighted by Gasteiger charge is -2.08. The number of thioether (sulfide) groups is 1. The van der Waals surface area contributed by atoms with Crippen molar-refractivity contribution in [2.45, 2.75) is 6.92 Å². The van der Waals surface area contributed by atoms with E-state index in [1.54, 1.807) is 25.8 Å². The number of rotatable bonds is 5. The molecule has 21 heavy (non-hydrogen) atoms. The highest BCUT2D eigenvalue weighted by Gasteiger charge is 2.07. The SMILES string of the molecule is COc1ccc(/C(=C\c2ccccc2C(C)=O)SC)cc1. The van der Waals surface area contributed by atoms with E-state index in [0.29, 0.717) is 0 Å². The number of hydrogen-bond acceptors (Lipinski definition) is 3. The van der Waals surface area contributed by atoms with Crippen LogP contribution in [0.3, 0.4) is 0 Å². The number of ketones is 1. The fourth-order valence-electron chi connectivity index (χ4n) is 2.10. The Balaban J connectivity index is 2.42. The lowest BCUT2D eigenvalue weighted by Crippen LogP contribution is -1.95. The fourth-order valence-corrected chi connectivity index (χ4v) is 2.72. The van der Waals surface area contributed by atoms with Crippen LogP contribution in [-0.2, 0) is 0 Å². The monoisotopic (exact) mass is 298 g/mol. The summed E-state index contributed by atoms with van der Waals surface area (Å²) >= 11 is 1.66. The van der Waals surface area contributed by atoms with E-state index in [1.807, 2.05) is 54.8 Å². The van der Waals surface area contributed by atoms with Crippen LogP contribution in [0.4, 0.5) is 0 Å². The molecule has 0 saturated carbocycles. The molecule has 0 spiro atoms. The van der Waals surface area contributed by atoms with Gasteiger partial charge in [-0.25, -0.2) is 0 Å². The summed E-state index contributed by atoms with van der Waals surface area (Å²) in [5.74, 6) is 0.917. The van der Waals surface area contributed by atoms with Gasteiger partial charge in [-0.2, -0.15) is 0 Å². The second kappa shape index (κ2) is 7.14. The first-order chi connectivity index (χ1) is 10.2. The molecule has 0 aliphatic rings. The van der Waals surface area contributed by atoms with Crippen LogP contribution in [0.1, 0.15) is 28.4 Å². The maximum absolute atomic E-state index is 11.7. The molecular formula is C18H18O2S. The highest BCUT2D eigenvalue weighted by molar-refractivity contribution is 8.07. The number of carbonyl (C=O) groups excluding carboxylic acids is 1. The van der Waals surface area contributed by atoms with E-state index in [0.717, 1.165) is 27.3 Å². The molecule has 2 aromatic carbocycles. The summed E-state index contributed by atoms with van der Waals surface area (Å²) in [7, 11) is 1.66. The van der Waals surface area contributed by atoms with Crippen molar-refractivity contribution in [1.82, 2.24) is 0 Å². The zero-order valence-corrected chi connectivity index (χ0v) is 13.2. The average molecular weight is 298 g/mol. The maximum atomic E-state index is 11.7. The van der Waals surface area contributed by atoms with Gasteiger partial charge in [-0.1, -0.05) is 36.4 Å². The number of benzene rings is 2. The highest BCUT2D eigenvalue weighted by atomic mass is 32.2. The lowest BCUT2D eigenvalue weighted by molar-refractivity contribution is 0.101. The van der Waals surface area contributed by atoms with Gasteiger partial charge in [0.1, 0.15) is 5.75 Å². The van der Waals surface area contributed by atoms with Gasteiger partial charge in [0.2, 0.25) is 0 Å². The molecule has 2 rings (SSSR count). The Bertz CT molecular complexity index is 657. The minimum absolute atomic E-state index is 0.0806. The van der Waals surface area contributed by atoms with Crippen molar-refractivity contribution in [3.63, 3.8) is 0 Å². The first kappa shape index (κ1) is 15.4. The summed E-state index contributed by atoms with van der Waals surface area (Å²) < 4.78 is 5.18. The van der Waals surface area contributed by atoms with E-state index < -0.39 is 0 Å². The average Bonchev–Trinajstić information content (AvgIpc) is 2.53. The van der Waals surface area contributed by atoms with Gasteiger partial charge in [0.25, 0.3) is 0 Å². The predicted octanol–water partition coefficient (Wildman–Crippen LogP) is 4.76. The topological polar surface area (TPSA) is 26.3 Å². The first-order valence-electron chi connectivity index (χ1n) is 6.65. The quantitative estimate of drug-likeness (QED) is 0.588. The molecule has 108 valence electrons. The van der Waals surface area contributed by atoms with Crippen LogP contribution < -0.4 is 4.74 Å². The second-order valence-electron chi connectivity index (χ2n) is 4.58. The highest BCUT2D eigenvalue weighted by Crippen LogP contribution is 2.30. The van der Waals surface area contributed by atoms with Gasteiger partial charge in [0.15, 0.2) is 5.78 Å². The number of carbonyl (C=O) groups is 1. The molecule has 0 heterocycles. The van der Waals surface area contributed by atoms with Crippen molar-refractivity contribution in [2.24, 2.45) is 0 Å². The summed E-state index contributed by atoms with van der Waals surface area (Å²) in [5, 5.41) is 0. The molecule has 0 fully saturated rings. The minimum Gasteiger partial charge on any atom is -0.497 e. The second-order valence-corrected chi connectivity index (χ2v) is 5.43. The Hall–Kier alpha value is -2.00. The van der Waals surface area contributed by atoms with Crippen molar-refractivity contribution in [1.29, 1.82) is 0 Å². The first-order valence-corrected chi connectivity index (χ1v) is 7.88. The summed E-state index contributed by atoms with van der Waals surface area (Å²) in [5.41, 5.74) is 2.81. The third-order valence-corrected chi connectivity index (χ3v) is 4.01. The van der Waals surface area contributed by atoms with Crippen molar-refractivity contribution in [2.75, 3.05) is 13.4 Å². The van der Waals surface area contributed by atoms with Crippen molar-refractivity contribution < 1.29 is 9.53 Å². The third kappa shape index (κ3) is 3.76. The molecule has 0 unspecified atom stereocenters. The van der Waals surface area contributed by atoms with Crippen molar-refractivity contribution >= 4 is 28.5 Å². The smallest absolute Gasteiger partial charge is 0.160 e.